The zero-order valence-corrected chi connectivity index (χ0v) is 11.7. The van der Waals surface area contributed by atoms with Crippen LogP contribution in [0, 0.1) is 11.8 Å². The third-order valence-electron chi connectivity index (χ3n) is 3.79. The Morgan fingerprint density at radius 2 is 2.17 bits per heavy atom. The van der Waals surface area contributed by atoms with Crippen LogP contribution in [0.3, 0.4) is 0 Å². The highest BCUT2D eigenvalue weighted by atomic mass is 32.1. The fraction of sp³-hybridized carbons (Fsp3) is 0.846. The maximum Gasteiger partial charge on any atom is 0.220 e. The van der Waals surface area contributed by atoms with Gasteiger partial charge in [-0.2, -0.15) is 0 Å². The summed E-state index contributed by atoms with van der Waals surface area (Å²) in [6.07, 6.45) is 5.19. The summed E-state index contributed by atoms with van der Waals surface area (Å²) in [6, 6.07) is -0.0877. The molecule has 2 aliphatic rings. The van der Waals surface area contributed by atoms with E-state index in [0.29, 0.717) is 29.3 Å². The standard InChI is InChI=1S/C13H22N2O2S/c1-2-17-10-5-8(6-10)7-11(16)15-12(13(14)18)9-3-4-9/h8-10,12H,2-7H2,1H3,(H2,14,18)(H,15,16). The molecule has 0 bridgehead atoms. The highest BCUT2D eigenvalue weighted by Crippen LogP contribution is 2.34. The van der Waals surface area contributed by atoms with Gasteiger partial charge in [-0.05, 0) is 44.4 Å². The molecule has 0 heterocycles. The van der Waals surface area contributed by atoms with Crippen LogP contribution in [0.15, 0.2) is 0 Å². The van der Waals surface area contributed by atoms with Gasteiger partial charge in [0.25, 0.3) is 0 Å². The lowest BCUT2D eigenvalue weighted by Gasteiger charge is -2.34. The van der Waals surface area contributed by atoms with Crippen LogP contribution in [0.2, 0.25) is 0 Å². The van der Waals surface area contributed by atoms with E-state index >= 15 is 0 Å². The molecule has 2 aliphatic carbocycles. The van der Waals surface area contributed by atoms with Crippen molar-refractivity contribution in [1.82, 2.24) is 5.32 Å². The Morgan fingerprint density at radius 1 is 1.50 bits per heavy atom. The number of nitrogens with two attached hydrogens (primary N) is 1. The average Bonchev–Trinajstić information content (AvgIpc) is 3.06. The molecule has 18 heavy (non-hydrogen) atoms. The van der Waals surface area contributed by atoms with Gasteiger partial charge >= 0.3 is 0 Å². The molecule has 0 radical (unpaired) electrons. The van der Waals surface area contributed by atoms with Gasteiger partial charge in [0.05, 0.1) is 17.1 Å². The first-order valence-electron chi connectivity index (χ1n) is 6.80. The van der Waals surface area contributed by atoms with Gasteiger partial charge < -0.3 is 15.8 Å². The number of thiocarbonyl (C=S) groups is 1. The van der Waals surface area contributed by atoms with Gasteiger partial charge in [0, 0.05) is 13.0 Å². The molecule has 5 heteroatoms. The second-order valence-electron chi connectivity index (χ2n) is 5.40. The Balaban J connectivity index is 1.67. The van der Waals surface area contributed by atoms with Crippen molar-refractivity contribution >= 4 is 23.1 Å². The summed E-state index contributed by atoms with van der Waals surface area (Å²) in [6.45, 7) is 2.76. The Morgan fingerprint density at radius 3 is 2.67 bits per heavy atom. The van der Waals surface area contributed by atoms with Crippen LogP contribution < -0.4 is 11.1 Å². The average molecular weight is 270 g/mol. The molecule has 1 unspecified atom stereocenters. The molecule has 102 valence electrons. The Labute approximate surface area is 114 Å². The zero-order chi connectivity index (χ0) is 13.1. The number of ether oxygens (including phenoxy) is 1. The summed E-state index contributed by atoms with van der Waals surface area (Å²) in [4.78, 5) is 12.3. The van der Waals surface area contributed by atoms with E-state index in [4.69, 9.17) is 22.7 Å². The maximum atomic E-state index is 11.9. The second kappa shape index (κ2) is 5.97. The van der Waals surface area contributed by atoms with Gasteiger partial charge in [-0.15, -0.1) is 0 Å². The molecule has 0 saturated heterocycles. The number of carbonyl (C=O) groups is 1. The lowest BCUT2D eigenvalue weighted by atomic mass is 9.80. The van der Waals surface area contributed by atoms with Crippen molar-refractivity contribution in [3.05, 3.63) is 0 Å². The van der Waals surface area contributed by atoms with Crippen LogP contribution in [0.25, 0.3) is 0 Å². The van der Waals surface area contributed by atoms with Crippen LogP contribution in [0.4, 0.5) is 0 Å². The van der Waals surface area contributed by atoms with E-state index < -0.39 is 0 Å². The SMILES string of the molecule is CCOC1CC(CC(=O)NC(C(N)=S)C2CC2)C1. The Hall–Kier alpha value is -0.680. The van der Waals surface area contributed by atoms with Gasteiger partial charge in [-0.25, -0.2) is 0 Å². The number of hydrogen-bond donors (Lipinski definition) is 2. The van der Waals surface area contributed by atoms with E-state index in [0.717, 1.165) is 32.3 Å². The molecule has 0 aromatic carbocycles. The molecule has 2 saturated carbocycles. The zero-order valence-electron chi connectivity index (χ0n) is 10.9. The number of nitrogens with one attached hydrogen (secondary N) is 1. The lowest BCUT2D eigenvalue weighted by Crippen LogP contribution is -2.46. The molecule has 4 nitrogen and oxygen atoms in total. The van der Waals surface area contributed by atoms with E-state index in [-0.39, 0.29) is 11.9 Å². The topological polar surface area (TPSA) is 64.3 Å². The smallest absolute Gasteiger partial charge is 0.220 e. The first-order valence-corrected chi connectivity index (χ1v) is 7.21. The third kappa shape index (κ3) is 3.65. The molecule has 3 N–H and O–H groups in total. The largest absolute Gasteiger partial charge is 0.392 e. The van der Waals surface area contributed by atoms with Crippen molar-refractivity contribution in [3.63, 3.8) is 0 Å². The second-order valence-corrected chi connectivity index (χ2v) is 5.88. The van der Waals surface area contributed by atoms with E-state index in [1.54, 1.807) is 0 Å². The molecule has 2 rings (SSSR count). The molecule has 1 amide bonds. The minimum absolute atomic E-state index is 0.0830. The van der Waals surface area contributed by atoms with Gasteiger partial charge in [0.2, 0.25) is 5.91 Å². The predicted octanol–water partition coefficient (Wildman–Crippen LogP) is 1.37. The number of hydrogen-bond acceptors (Lipinski definition) is 3. The monoisotopic (exact) mass is 270 g/mol. The van der Waals surface area contributed by atoms with Crippen molar-refractivity contribution in [3.8, 4) is 0 Å². The molecule has 0 spiro atoms. The summed E-state index contributed by atoms with van der Waals surface area (Å²) in [5.41, 5.74) is 5.66. The van der Waals surface area contributed by atoms with E-state index in [2.05, 4.69) is 5.32 Å². The molecule has 1 atom stereocenters. The normalized spacial score (nSPS) is 28.3. The maximum absolute atomic E-state index is 11.9. The van der Waals surface area contributed by atoms with Gasteiger partial charge in [0.1, 0.15) is 0 Å². The summed E-state index contributed by atoms with van der Waals surface area (Å²) in [5, 5.41) is 2.98. The number of rotatable bonds is 7. The lowest BCUT2D eigenvalue weighted by molar-refractivity contribution is -0.124. The van der Waals surface area contributed by atoms with Crippen LogP contribution >= 0.6 is 12.2 Å². The first-order chi connectivity index (χ1) is 8.60. The van der Waals surface area contributed by atoms with Crippen molar-refractivity contribution in [2.75, 3.05) is 6.61 Å². The highest BCUT2D eigenvalue weighted by Gasteiger charge is 2.36. The third-order valence-corrected chi connectivity index (χ3v) is 4.04. The first kappa shape index (κ1) is 13.7. The van der Waals surface area contributed by atoms with Crippen LogP contribution in [0.1, 0.15) is 39.0 Å². The van der Waals surface area contributed by atoms with Gasteiger partial charge in [-0.3, -0.25) is 4.79 Å². The van der Waals surface area contributed by atoms with Crippen molar-refractivity contribution < 1.29 is 9.53 Å². The van der Waals surface area contributed by atoms with E-state index in [1.807, 2.05) is 6.92 Å². The summed E-state index contributed by atoms with van der Waals surface area (Å²) in [7, 11) is 0. The molecule has 0 aromatic heterocycles. The predicted molar refractivity (Wildman–Crippen MR) is 74.2 cm³/mol. The van der Waals surface area contributed by atoms with E-state index in [9.17, 15) is 4.79 Å². The molecular weight excluding hydrogens is 248 g/mol. The Bertz CT molecular complexity index is 325. The number of amides is 1. The summed E-state index contributed by atoms with van der Waals surface area (Å²) in [5.74, 6) is 1.02. The molecule has 0 aliphatic heterocycles. The molecule has 2 fully saturated rings. The highest BCUT2D eigenvalue weighted by molar-refractivity contribution is 7.80. The summed E-state index contributed by atoms with van der Waals surface area (Å²) >= 11 is 5.00. The van der Waals surface area contributed by atoms with Crippen LogP contribution in [-0.4, -0.2) is 29.6 Å². The van der Waals surface area contributed by atoms with Crippen molar-refractivity contribution in [2.24, 2.45) is 17.6 Å². The fourth-order valence-electron chi connectivity index (χ4n) is 2.56. The minimum atomic E-state index is -0.0877. The van der Waals surface area contributed by atoms with Crippen molar-refractivity contribution in [2.45, 2.75) is 51.2 Å². The number of carbonyl (C=O) groups excluding carboxylic acids is 1. The summed E-state index contributed by atoms with van der Waals surface area (Å²) < 4.78 is 5.48. The van der Waals surface area contributed by atoms with Gasteiger partial charge in [-0.1, -0.05) is 12.2 Å². The minimum Gasteiger partial charge on any atom is -0.392 e. The quantitative estimate of drug-likeness (QED) is 0.686. The van der Waals surface area contributed by atoms with E-state index in [1.165, 1.54) is 0 Å². The van der Waals surface area contributed by atoms with Gasteiger partial charge in [0.15, 0.2) is 0 Å². The fourth-order valence-corrected chi connectivity index (χ4v) is 2.81. The Kier molecular flexibility index (Phi) is 4.56. The molecule has 0 aromatic rings. The van der Waals surface area contributed by atoms with Crippen LogP contribution in [-0.2, 0) is 9.53 Å². The van der Waals surface area contributed by atoms with Crippen LogP contribution in [0.5, 0.6) is 0 Å². The van der Waals surface area contributed by atoms with Crippen molar-refractivity contribution in [1.29, 1.82) is 0 Å². The molecular formula is C13H22N2O2S.